The number of hydrogen-bond donors (Lipinski definition) is 2. The summed E-state index contributed by atoms with van der Waals surface area (Å²) in [5, 5.41) is 5.64. The first-order valence-corrected chi connectivity index (χ1v) is 7.96. The van der Waals surface area contributed by atoms with Crippen molar-refractivity contribution in [3.8, 4) is 0 Å². The molecule has 24 heavy (non-hydrogen) atoms. The Morgan fingerprint density at radius 2 is 1.17 bits per heavy atom. The van der Waals surface area contributed by atoms with Crippen LogP contribution in [0.4, 0.5) is 11.4 Å². The van der Waals surface area contributed by atoms with E-state index in [1.54, 1.807) is 13.8 Å². The van der Waals surface area contributed by atoms with Crippen LogP contribution in [0.1, 0.15) is 30.5 Å². The first kappa shape index (κ1) is 17.7. The van der Waals surface area contributed by atoms with Gasteiger partial charge in [-0.25, -0.2) is 0 Å². The van der Waals surface area contributed by atoms with Gasteiger partial charge in [0.15, 0.2) is 0 Å². The van der Waals surface area contributed by atoms with Gasteiger partial charge in [0.25, 0.3) is 0 Å². The summed E-state index contributed by atoms with van der Waals surface area (Å²) >= 11 is 0. The monoisotopic (exact) mass is 324 g/mol. The molecule has 2 N–H and O–H groups in total. The number of amides is 2. The molecule has 0 atom stereocenters. The highest BCUT2D eigenvalue weighted by Crippen LogP contribution is 2.23. The molecule has 0 aliphatic rings. The molecule has 0 aliphatic heterocycles. The largest absolute Gasteiger partial charge is 0.325 e. The Kier molecular flexibility index (Phi) is 5.07. The highest BCUT2D eigenvalue weighted by atomic mass is 16.2. The number of aryl methyl sites for hydroxylation is 3. The lowest BCUT2D eigenvalue weighted by molar-refractivity contribution is -0.135. The molecule has 0 radical (unpaired) electrons. The van der Waals surface area contributed by atoms with Crippen molar-refractivity contribution in [2.45, 2.75) is 34.6 Å². The van der Waals surface area contributed by atoms with Crippen molar-refractivity contribution in [3.63, 3.8) is 0 Å². The second-order valence-electron chi connectivity index (χ2n) is 6.78. The molecule has 4 heteroatoms. The minimum Gasteiger partial charge on any atom is -0.325 e. The average molecular weight is 324 g/mol. The van der Waals surface area contributed by atoms with E-state index >= 15 is 0 Å². The maximum Gasteiger partial charge on any atom is 0.239 e. The number of carbonyl (C=O) groups is 2. The van der Waals surface area contributed by atoms with Gasteiger partial charge in [-0.05, 0) is 70.0 Å². The molecule has 0 heterocycles. The van der Waals surface area contributed by atoms with Crippen LogP contribution in [0, 0.1) is 26.2 Å². The summed E-state index contributed by atoms with van der Waals surface area (Å²) in [6.07, 6.45) is 0. The molecule has 2 rings (SSSR count). The van der Waals surface area contributed by atoms with Gasteiger partial charge in [-0.2, -0.15) is 0 Å². The molecule has 2 aromatic carbocycles. The predicted octanol–water partition coefficient (Wildman–Crippen LogP) is 4.22. The van der Waals surface area contributed by atoms with E-state index in [1.165, 1.54) is 0 Å². The molecule has 2 amide bonds. The molecule has 0 unspecified atom stereocenters. The molecule has 0 saturated heterocycles. The fraction of sp³-hybridized carbons (Fsp3) is 0.300. The Morgan fingerprint density at radius 3 is 1.67 bits per heavy atom. The van der Waals surface area contributed by atoms with Gasteiger partial charge in [-0.3, -0.25) is 9.59 Å². The lowest BCUT2D eigenvalue weighted by atomic mass is 9.90. The van der Waals surface area contributed by atoms with E-state index in [9.17, 15) is 9.59 Å². The number of hydrogen-bond acceptors (Lipinski definition) is 2. The van der Waals surface area contributed by atoms with Gasteiger partial charge < -0.3 is 10.6 Å². The minimum atomic E-state index is -1.19. The van der Waals surface area contributed by atoms with E-state index in [-0.39, 0.29) is 11.8 Å². The van der Waals surface area contributed by atoms with Crippen LogP contribution in [0.5, 0.6) is 0 Å². The van der Waals surface area contributed by atoms with E-state index < -0.39 is 5.41 Å². The summed E-state index contributed by atoms with van der Waals surface area (Å²) < 4.78 is 0. The summed E-state index contributed by atoms with van der Waals surface area (Å²) in [6, 6.07) is 13.3. The van der Waals surface area contributed by atoms with Crippen LogP contribution in [0.3, 0.4) is 0 Å². The summed E-state index contributed by atoms with van der Waals surface area (Å²) in [6.45, 7) is 9.16. The molecule has 0 saturated carbocycles. The molecule has 4 nitrogen and oxygen atoms in total. The molecular weight excluding hydrogens is 300 g/mol. The van der Waals surface area contributed by atoms with Crippen LogP contribution in [-0.2, 0) is 9.59 Å². The molecular formula is C20H24N2O2. The van der Waals surface area contributed by atoms with Crippen LogP contribution in [0.25, 0.3) is 0 Å². The van der Waals surface area contributed by atoms with Crippen molar-refractivity contribution in [1.82, 2.24) is 0 Å². The Morgan fingerprint density at radius 1 is 0.708 bits per heavy atom. The second-order valence-corrected chi connectivity index (χ2v) is 6.78. The molecule has 0 bridgehead atoms. The maximum absolute atomic E-state index is 12.6. The molecule has 2 aromatic rings. The van der Waals surface area contributed by atoms with Crippen LogP contribution in [0.15, 0.2) is 42.5 Å². The van der Waals surface area contributed by atoms with Gasteiger partial charge in [-0.1, -0.05) is 23.8 Å². The molecule has 0 aromatic heterocycles. The summed E-state index contributed by atoms with van der Waals surface area (Å²) in [4.78, 5) is 25.1. The summed E-state index contributed by atoms with van der Waals surface area (Å²) in [5.41, 5.74) is 3.42. The minimum absolute atomic E-state index is 0.336. The first-order chi connectivity index (χ1) is 11.2. The van der Waals surface area contributed by atoms with Crippen LogP contribution >= 0.6 is 0 Å². The predicted molar refractivity (Wildman–Crippen MR) is 98.1 cm³/mol. The van der Waals surface area contributed by atoms with Gasteiger partial charge in [0.2, 0.25) is 11.8 Å². The molecule has 0 fully saturated rings. The second kappa shape index (κ2) is 6.87. The van der Waals surface area contributed by atoms with E-state index in [0.717, 1.165) is 16.7 Å². The van der Waals surface area contributed by atoms with Gasteiger partial charge in [-0.15, -0.1) is 0 Å². The fourth-order valence-electron chi connectivity index (χ4n) is 2.36. The number of rotatable bonds is 4. The Bertz CT molecular complexity index is 741. The number of carbonyl (C=O) groups excluding carboxylic acids is 2. The zero-order valence-corrected chi connectivity index (χ0v) is 14.9. The summed E-state index contributed by atoms with van der Waals surface area (Å²) in [7, 11) is 0. The molecule has 0 aliphatic carbocycles. The zero-order chi connectivity index (χ0) is 17.9. The highest BCUT2D eigenvalue weighted by Gasteiger charge is 2.36. The number of nitrogens with one attached hydrogen (secondary N) is 2. The Hall–Kier alpha value is -2.62. The van der Waals surface area contributed by atoms with Crippen molar-refractivity contribution in [2.24, 2.45) is 5.41 Å². The Balaban J connectivity index is 2.11. The molecule has 0 spiro atoms. The zero-order valence-electron chi connectivity index (χ0n) is 14.9. The standard InChI is InChI=1S/C20H24N2O2/c1-13-6-8-16(9-7-13)21-18(23)20(4,5)19(24)22-17-11-14(2)10-15(3)12-17/h6-12H,1-5H3,(H,21,23)(H,22,24). The Labute approximate surface area is 143 Å². The first-order valence-electron chi connectivity index (χ1n) is 7.96. The van der Waals surface area contributed by atoms with Crippen LogP contribution in [-0.4, -0.2) is 11.8 Å². The van der Waals surface area contributed by atoms with Gasteiger partial charge in [0.05, 0.1) is 0 Å². The van der Waals surface area contributed by atoms with Crippen LogP contribution in [0.2, 0.25) is 0 Å². The number of benzene rings is 2. The van der Waals surface area contributed by atoms with Crippen molar-refractivity contribution in [3.05, 3.63) is 59.2 Å². The highest BCUT2D eigenvalue weighted by molar-refractivity contribution is 6.14. The quantitative estimate of drug-likeness (QED) is 0.828. The summed E-state index contributed by atoms with van der Waals surface area (Å²) in [5.74, 6) is -0.676. The van der Waals surface area contributed by atoms with E-state index in [0.29, 0.717) is 11.4 Å². The van der Waals surface area contributed by atoms with E-state index in [4.69, 9.17) is 0 Å². The van der Waals surface area contributed by atoms with Gasteiger partial charge in [0.1, 0.15) is 5.41 Å². The van der Waals surface area contributed by atoms with Crippen molar-refractivity contribution < 1.29 is 9.59 Å². The molecule has 126 valence electrons. The lowest BCUT2D eigenvalue weighted by Crippen LogP contribution is -2.41. The third-order valence-electron chi connectivity index (χ3n) is 3.92. The van der Waals surface area contributed by atoms with E-state index in [2.05, 4.69) is 10.6 Å². The smallest absolute Gasteiger partial charge is 0.239 e. The van der Waals surface area contributed by atoms with E-state index in [1.807, 2.05) is 63.2 Å². The number of anilines is 2. The normalized spacial score (nSPS) is 11.0. The SMILES string of the molecule is Cc1ccc(NC(=O)C(C)(C)C(=O)Nc2cc(C)cc(C)c2)cc1. The van der Waals surface area contributed by atoms with Gasteiger partial charge >= 0.3 is 0 Å². The van der Waals surface area contributed by atoms with Crippen molar-refractivity contribution >= 4 is 23.2 Å². The maximum atomic E-state index is 12.6. The average Bonchev–Trinajstić information content (AvgIpc) is 2.48. The van der Waals surface area contributed by atoms with Crippen molar-refractivity contribution in [2.75, 3.05) is 10.6 Å². The van der Waals surface area contributed by atoms with Crippen LogP contribution < -0.4 is 10.6 Å². The topological polar surface area (TPSA) is 58.2 Å². The lowest BCUT2D eigenvalue weighted by Gasteiger charge is -2.23. The fourth-order valence-corrected chi connectivity index (χ4v) is 2.36. The third kappa shape index (κ3) is 4.22. The van der Waals surface area contributed by atoms with Crippen molar-refractivity contribution in [1.29, 1.82) is 0 Å². The third-order valence-corrected chi connectivity index (χ3v) is 3.92. The van der Waals surface area contributed by atoms with Gasteiger partial charge in [0, 0.05) is 11.4 Å².